The summed E-state index contributed by atoms with van der Waals surface area (Å²) in [6, 6.07) is 5.50. The van der Waals surface area contributed by atoms with E-state index in [1.54, 1.807) is 4.40 Å². The fourth-order valence-corrected chi connectivity index (χ4v) is 2.03. The minimum absolute atomic E-state index is 0. The Hall–Kier alpha value is -1.66. The van der Waals surface area contributed by atoms with Crippen LogP contribution in [0.15, 0.2) is 24.4 Å². The van der Waals surface area contributed by atoms with Gasteiger partial charge in [-0.3, -0.25) is 14.5 Å². The topological polar surface area (TPSA) is 71.3 Å². The molecule has 1 fully saturated rings. The molecule has 1 amide bonds. The van der Waals surface area contributed by atoms with Crippen molar-refractivity contribution in [1.82, 2.24) is 19.9 Å². The Balaban J connectivity index is 0.00000120. The van der Waals surface area contributed by atoms with E-state index in [2.05, 4.69) is 20.8 Å². The summed E-state index contributed by atoms with van der Waals surface area (Å²) in [6.45, 7) is 0.901. The van der Waals surface area contributed by atoms with Crippen molar-refractivity contribution in [3.8, 4) is 0 Å². The number of carbonyl (C=O) groups excluding carboxylic acids is 1. The van der Waals surface area contributed by atoms with Crippen LogP contribution in [0.25, 0.3) is 5.65 Å². The van der Waals surface area contributed by atoms with E-state index in [0.29, 0.717) is 5.95 Å². The van der Waals surface area contributed by atoms with Crippen molar-refractivity contribution in [2.24, 2.45) is 0 Å². The Morgan fingerprint density at radius 1 is 1.44 bits per heavy atom. The highest BCUT2D eigenvalue weighted by molar-refractivity contribution is 5.93. The number of carbonyl (C=O) groups is 1. The second kappa shape index (κ2) is 5.32. The molecule has 7 heteroatoms. The molecule has 1 saturated heterocycles. The number of anilines is 1. The van der Waals surface area contributed by atoms with Gasteiger partial charge in [-0.1, -0.05) is 6.07 Å². The molecule has 1 unspecified atom stereocenters. The van der Waals surface area contributed by atoms with Gasteiger partial charge in [-0.05, 0) is 31.5 Å². The summed E-state index contributed by atoms with van der Waals surface area (Å²) in [5.41, 5.74) is 0.724. The lowest BCUT2D eigenvalue weighted by atomic mass is 10.2. The SMILES string of the molecule is Cl.O=C(Nc1nnc2ccccn12)C1CCCN1. The highest BCUT2D eigenvalue weighted by Gasteiger charge is 2.23. The van der Waals surface area contributed by atoms with Gasteiger partial charge in [-0.25, -0.2) is 0 Å². The molecule has 0 saturated carbocycles. The van der Waals surface area contributed by atoms with Crippen molar-refractivity contribution in [1.29, 1.82) is 0 Å². The van der Waals surface area contributed by atoms with E-state index in [0.717, 1.165) is 25.0 Å². The molecule has 18 heavy (non-hydrogen) atoms. The first-order valence-electron chi connectivity index (χ1n) is 5.68. The molecule has 0 aromatic carbocycles. The van der Waals surface area contributed by atoms with Crippen LogP contribution in [0.4, 0.5) is 5.95 Å². The minimum Gasteiger partial charge on any atom is -0.306 e. The molecule has 0 radical (unpaired) electrons. The van der Waals surface area contributed by atoms with Gasteiger partial charge in [0, 0.05) is 6.20 Å². The van der Waals surface area contributed by atoms with E-state index >= 15 is 0 Å². The first kappa shape index (κ1) is 12.8. The first-order chi connectivity index (χ1) is 8.34. The smallest absolute Gasteiger partial charge is 0.243 e. The van der Waals surface area contributed by atoms with Crippen LogP contribution < -0.4 is 10.6 Å². The number of halogens is 1. The number of amides is 1. The van der Waals surface area contributed by atoms with Crippen molar-refractivity contribution in [2.45, 2.75) is 18.9 Å². The van der Waals surface area contributed by atoms with Crippen molar-refractivity contribution in [2.75, 3.05) is 11.9 Å². The summed E-state index contributed by atoms with van der Waals surface area (Å²) in [5.74, 6) is 0.431. The monoisotopic (exact) mass is 267 g/mol. The van der Waals surface area contributed by atoms with Gasteiger partial charge in [0.2, 0.25) is 11.9 Å². The Morgan fingerprint density at radius 2 is 2.33 bits per heavy atom. The summed E-state index contributed by atoms with van der Waals surface area (Å²) in [7, 11) is 0. The van der Waals surface area contributed by atoms with E-state index in [-0.39, 0.29) is 24.4 Å². The summed E-state index contributed by atoms with van der Waals surface area (Å²) < 4.78 is 1.76. The van der Waals surface area contributed by atoms with Crippen LogP contribution >= 0.6 is 12.4 Å². The van der Waals surface area contributed by atoms with Crippen LogP contribution in [-0.2, 0) is 4.79 Å². The van der Waals surface area contributed by atoms with Crippen LogP contribution in [0, 0.1) is 0 Å². The van der Waals surface area contributed by atoms with Crippen molar-refractivity contribution >= 4 is 29.9 Å². The van der Waals surface area contributed by atoms with E-state index in [9.17, 15) is 4.79 Å². The number of rotatable bonds is 2. The molecular weight excluding hydrogens is 254 g/mol. The normalized spacial score (nSPS) is 18.6. The number of nitrogens with zero attached hydrogens (tertiary/aromatic N) is 3. The third-order valence-electron chi connectivity index (χ3n) is 2.93. The second-order valence-electron chi connectivity index (χ2n) is 4.09. The number of nitrogens with one attached hydrogen (secondary N) is 2. The maximum absolute atomic E-state index is 11.9. The van der Waals surface area contributed by atoms with Gasteiger partial charge in [-0.15, -0.1) is 22.6 Å². The molecule has 2 aromatic rings. The molecule has 2 N–H and O–H groups in total. The zero-order valence-electron chi connectivity index (χ0n) is 9.67. The maximum Gasteiger partial charge on any atom is 0.243 e. The van der Waals surface area contributed by atoms with Gasteiger partial charge in [0.25, 0.3) is 0 Å². The molecule has 2 aromatic heterocycles. The third-order valence-corrected chi connectivity index (χ3v) is 2.93. The maximum atomic E-state index is 11.9. The molecule has 1 aliphatic heterocycles. The molecule has 3 heterocycles. The summed E-state index contributed by atoms with van der Waals surface area (Å²) >= 11 is 0. The third kappa shape index (κ3) is 2.30. The average Bonchev–Trinajstić information content (AvgIpc) is 2.98. The van der Waals surface area contributed by atoms with Crippen LogP contribution in [0.2, 0.25) is 0 Å². The van der Waals surface area contributed by atoms with E-state index < -0.39 is 0 Å². The Morgan fingerprint density at radius 3 is 3.11 bits per heavy atom. The van der Waals surface area contributed by atoms with Crippen LogP contribution in [0.1, 0.15) is 12.8 Å². The molecular formula is C11H14ClN5O. The van der Waals surface area contributed by atoms with E-state index in [1.165, 1.54) is 0 Å². The fraction of sp³-hybridized carbons (Fsp3) is 0.364. The Kier molecular flexibility index (Phi) is 3.78. The van der Waals surface area contributed by atoms with Crippen LogP contribution in [0.3, 0.4) is 0 Å². The summed E-state index contributed by atoms with van der Waals surface area (Å²) in [6.07, 6.45) is 3.74. The Labute approximate surface area is 110 Å². The molecule has 1 aliphatic rings. The molecule has 0 bridgehead atoms. The Bertz CT molecular complexity index is 549. The summed E-state index contributed by atoms with van der Waals surface area (Å²) in [4.78, 5) is 11.9. The fourth-order valence-electron chi connectivity index (χ4n) is 2.03. The van der Waals surface area contributed by atoms with Gasteiger partial charge in [0.05, 0.1) is 6.04 Å². The average molecular weight is 268 g/mol. The van der Waals surface area contributed by atoms with Crippen molar-refractivity contribution in [3.63, 3.8) is 0 Å². The van der Waals surface area contributed by atoms with Crippen LogP contribution in [0.5, 0.6) is 0 Å². The lowest BCUT2D eigenvalue weighted by Gasteiger charge is -2.09. The number of pyridine rings is 1. The van der Waals surface area contributed by atoms with Gasteiger partial charge in [-0.2, -0.15) is 0 Å². The highest BCUT2D eigenvalue weighted by Crippen LogP contribution is 2.10. The predicted molar refractivity (Wildman–Crippen MR) is 69.9 cm³/mol. The molecule has 0 spiro atoms. The van der Waals surface area contributed by atoms with Crippen LogP contribution in [-0.4, -0.2) is 33.1 Å². The standard InChI is InChI=1S/C11H13N5O.ClH/c17-10(8-4-3-6-12-8)13-11-15-14-9-5-1-2-7-16(9)11;/h1-2,5,7-8,12H,3-4,6H2,(H,13,15,17);1H. The van der Waals surface area contributed by atoms with E-state index in [1.807, 2.05) is 24.4 Å². The summed E-state index contributed by atoms with van der Waals surface area (Å²) in [5, 5.41) is 13.9. The van der Waals surface area contributed by atoms with E-state index in [4.69, 9.17) is 0 Å². The van der Waals surface area contributed by atoms with Gasteiger partial charge >= 0.3 is 0 Å². The van der Waals surface area contributed by atoms with Gasteiger partial charge < -0.3 is 5.32 Å². The molecule has 6 nitrogen and oxygen atoms in total. The van der Waals surface area contributed by atoms with Crippen molar-refractivity contribution in [3.05, 3.63) is 24.4 Å². The zero-order chi connectivity index (χ0) is 11.7. The largest absolute Gasteiger partial charge is 0.306 e. The molecule has 96 valence electrons. The lowest BCUT2D eigenvalue weighted by molar-refractivity contribution is -0.117. The van der Waals surface area contributed by atoms with Crippen molar-refractivity contribution < 1.29 is 4.79 Å². The quantitative estimate of drug-likeness (QED) is 0.846. The number of fused-ring (bicyclic) bond motifs is 1. The highest BCUT2D eigenvalue weighted by atomic mass is 35.5. The predicted octanol–water partition coefficient (Wildman–Crippen LogP) is 0.842. The number of aromatic nitrogens is 3. The zero-order valence-corrected chi connectivity index (χ0v) is 10.5. The van der Waals surface area contributed by atoms with Gasteiger partial charge in [0.15, 0.2) is 5.65 Å². The molecule has 1 atom stereocenters. The number of hydrogen-bond donors (Lipinski definition) is 2. The lowest BCUT2D eigenvalue weighted by Crippen LogP contribution is -2.36. The minimum atomic E-state index is -0.105. The molecule has 0 aliphatic carbocycles. The number of hydrogen-bond acceptors (Lipinski definition) is 4. The first-order valence-corrected chi connectivity index (χ1v) is 5.68. The second-order valence-corrected chi connectivity index (χ2v) is 4.09. The van der Waals surface area contributed by atoms with Gasteiger partial charge in [0.1, 0.15) is 0 Å². The molecule has 3 rings (SSSR count).